The highest BCUT2D eigenvalue weighted by atomic mass is 35.5. The summed E-state index contributed by atoms with van der Waals surface area (Å²) in [5, 5.41) is 1.60. The molecule has 1 unspecified atom stereocenters. The number of hydrogen-bond acceptors (Lipinski definition) is 2. The quantitative estimate of drug-likeness (QED) is 0.855. The minimum atomic E-state index is 0.0888. The minimum Gasteiger partial charge on any atom is -0.336 e. The third kappa shape index (κ3) is 2.55. The molecule has 20 heavy (non-hydrogen) atoms. The fourth-order valence-corrected chi connectivity index (χ4v) is 4.11. The predicted octanol–water partition coefficient (Wildman–Crippen LogP) is 1.92. The van der Waals surface area contributed by atoms with E-state index in [0.29, 0.717) is 9.90 Å². The molecule has 1 amide bonds. The number of thiophene rings is 1. The molecular formula is C15H18ClN2OS+. The van der Waals surface area contributed by atoms with E-state index in [4.69, 9.17) is 11.6 Å². The summed E-state index contributed by atoms with van der Waals surface area (Å²) in [5.74, 6) is 0.0888. The fraction of sp³-hybridized carbons (Fsp3) is 0.400. The summed E-state index contributed by atoms with van der Waals surface area (Å²) in [6.45, 7) is 3.79. The van der Waals surface area contributed by atoms with Gasteiger partial charge in [0.05, 0.1) is 31.7 Å². The van der Waals surface area contributed by atoms with E-state index >= 15 is 0 Å². The number of benzene rings is 1. The number of fused-ring (bicyclic) bond motifs is 1. The number of quaternary nitrogens is 1. The van der Waals surface area contributed by atoms with Crippen LogP contribution in [0, 0.1) is 0 Å². The van der Waals surface area contributed by atoms with E-state index in [1.807, 2.05) is 29.2 Å². The van der Waals surface area contributed by atoms with Gasteiger partial charge in [-0.05, 0) is 6.07 Å². The van der Waals surface area contributed by atoms with Crippen LogP contribution < -0.4 is 4.90 Å². The molecule has 1 fully saturated rings. The van der Waals surface area contributed by atoms with E-state index in [1.54, 1.807) is 0 Å². The lowest BCUT2D eigenvalue weighted by Crippen LogP contribution is -3.09. The van der Waals surface area contributed by atoms with Crippen LogP contribution in [0.2, 0.25) is 5.02 Å². The van der Waals surface area contributed by atoms with E-state index in [1.165, 1.54) is 16.2 Å². The smallest absolute Gasteiger partial charge is 0.265 e. The second kappa shape index (κ2) is 5.72. The summed E-state index contributed by atoms with van der Waals surface area (Å²) in [7, 11) is 2.18. The van der Waals surface area contributed by atoms with Crippen molar-refractivity contribution < 1.29 is 9.69 Å². The van der Waals surface area contributed by atoms with E-state index in [9.17, 15) is 4.79 Å². The molecule has 106 valence electrons. The SMILES string of the molecule is C[NH+]1CCCN(C(=O)c2sc3ccccc3c2Cl)CC1. The topological polar surface area (TPSA) is 24.8 Å². The maximum absolute atomic E-state index is 12.7. The summed E-state index contributed by atoms with van der Waals surface area (Å²) >= 11 is 7.90. The number of rotatable bonds is 1. The van der Waals surface area contributed by atoms with Crippen LogP contribution in [0.5, 0.6) is 0 Å². The molecule has 1 aromatic heterocycles. The molecule has 3 rings (SSSR count). The van der Waals surface area contributed by atoms with Crippen LogP contribution in [0.4, 0.5) is 0 Å². The van der Waals surface area contributed by atoms with Gasteiger partial charge >= 0.3 is 0 Å². The Morgan fingerprint density at radius 1 is 1.30 bits per heavy atom. The molecular weight excluding hydrogens is 292 g/mol. The summed E-state index contributed by atoms with van der Waals surface area (Å²) in [5.41, 5.74) is 0. The van der Waals surface area contributed by atoms with Crippen molar-refractivity contribution in [1.82, 2.24) is 4.90 Å². The van der Waals surface area contributed by atoms with Crippen LogP contribution in [0.1, 0.15) is 16.1 Å². The molecule has 0 radical (unpaired) electrons. The molecule has 1 atom stereocenters. The predicted molar refractivity (Wildman–Crippen MR) is 84.0 cm³/mol. The number of carbonyl (C=O) groups is 1. The third-order valence-electron chi connectivity index (χ3n) is 3.86. The molecule has 1 aliphatic heterocycles. The second-order valence-electron chi connectivity index (χ2n) is 5.34. The lowest BCUT2D eigenvalue weighted by molar-refractivity contribution is -0.877. The number of likely N-dealkylation sites (N-methyl/N-ethyl adjacent to an activating group) is 1. The molecule has 1 N–H and O–H groups in total. The Morgan fingerprint density at radius 3 is 2.90 bits per heavy atom. The van der Waals surface area contributed by atoms with Crippen molar-refractivity contribution in [3.8, 4) is 0 Å². The molecule has 0 aliphatic carbocycles. The van der Waals surface area contributed by atoms with Gasteiger partial charge in [-0.2, -0.15) is 0 Å². The van der Waals surface area contributed by atoms with Gasteiger partial charge in [0.1, 0.15) is 4.88 Å². The zero-order chi connectivity index (χ0) is 14.1. The molecule has 1 saturated heterocycles. The van der Waals surface area contributed by atoms with Gasteiger partial charge in [0.2, 0.25) is 0 Å². The average Bonchev–Trinajstić information content (AvgIpc) is 2.64. The highest BCUT2D eigenvalue weighted by Crippen LogP contribution is 2.35. The summed E-state index contributed by atoms with van der Waals surface area (Å²) in [6, 6.07) is 7.93. The number of amides is 1. The number of carbonyl (C=O) groups excluding carboxylic acids is 1. The maximum Gasteiger partial charge on any atom is 0.265 e. The Morgan fingerprint density at radius 2 is 2.10 bits per heavy atom. The lowest BCUT2D eigenvalue weighted by atomic mass is 10.2. The Kier molecular flexibility index (Phi) is 3.96. The Balaban J connectivity index is 1.90. The standard InChI is InChI=1S/C15H17ClN2OS/c1-17-7-4-8-18(10-9-17)15(19)14-13(16)11-5-2-3-6-12(11)20-14/h2-3,5-6H,4,7-10H2,1H3/p+1. The first-order chi connectivity index (χ1) is 9.66. The van der Waals surface area contributed by atoms with E-state index in [0.717, 1.165) is 42.7 Å². The monoisotopic (exact) mass is 309 g/mol. The zero-order valence-corrected chi connectivity index (χ0v) is 13.1. The highest BCUT2D eigenvalue weighted by molar-refractivity contribution is 7.21. The van der Waals surface area contributed by atoms with Crippen LogP contribution in [-0.2, 0) is 0 Å². The maximum atomic E-state index is 12.7. The summed E-state index contributed by atoms with van der Waals surface area (Å²) in [6.07, 6.45) is 1.06. The second-order valence-corrected chi connectivity index (χ2v) is 6.77. The van der Waals surface area contributed by atoms with Gasteiger partial charge < -0.3 is 9.80 Å². The normalized spacial score (nSPS) is 20.1. The van der Waals surface area contributed by atoms with Crippen molar-refractivity contribution in [2.24, 2.45) is 0 Å². The molecule has 0 bridgehead atoms. The summed E-state index contributed by atoms with van der Waals surface area (Å²) < 4.78 is 1.08. The third-order valence-corrected chi connectivity index (χ3v) is 5.52. The summed E-state index contributed by atoms with van der Waals surface area (Å²) in [4.78, 5) is 16.8. The molecule has 3 nitrogen and oxygen atoms in total. The van der Waals surface area contributed by atoms with E-state index in [-0.39, 0.29) is 5.91 Å². The number of nitrogens with one attached hydrogen (secondary N) is 1. The van der Waals surface area contributed by atoms with Crippen molar-refractivity contribution in [3.05, 3.63) is 34.2 Å². The van der Waals surface area contributed by atoms with Crippen molar-refractivity contribution in [2.75, 3.05) is 33.2 Å². The first-order valence-corrected chi connectivity index (χ1v) is 8.14. The van der Waals surface area contributed by atoms with Crippen LogP contribution in [0.15, 0.2) is 24.3 Å². The highest BCUT2D eigenvalue weighted by Gasteiger charge is 2.24. The van der Waals surface area contributed by atoms with E-state index < -0.39 is 0 Å². The average molecular weight is 310 g/mol. The molecule has 0 saturated carbocycles. The number of nitrogens with zero attached hydrogens (tertiary/aromatic N) is 1. The largest absolute Gasteiger partial charge is 0.336 e. The van der Waals surface area contributed by atoms with Gasteiger partial charge in [0, 0.05) is 23.1 Å². The van der Waals surface area contributed by atoms with Crippen molar-refractivity contribution in [3.63, 3.8) is 0 Å². The van der Waals surface area contributed by atoms with Gasteiger partial charge in [-0.3, -0.25) is 4.79 Å². The fourth-order valence-electron chi connectivity index (χ4n) is 2.63. The first-order valence-electron chi connectivity index (χ1n) is 6.94. The van der Waals surface area contributed by atoms with Crippen molar-refractivity contribution in [2.45, 2.75) is 6.42 Å². The van der Waals surface area contributed by atoms with E-state index in [2.05, 4.69) is 7.05 Å². The van der Waals surface area contributed by atoms with Gasteiger partial charge in [-0.25, -0.2) is 0 Å². The van der Waals surface area contributed by atoms with Crippen LogP contribution >= 0.6 is 22.9 Å². The Labute approximate surface area is 127 Å². The van der Waals surface area contributed by atoms with Gasteiger partial charge in [0.25, 0.3) is 5.91 Å². The zero-order valence-electron chi connectivity index (χ0n) is 11.5. The van der Waals surface area contributed by atoms with Gasteiger partial charge in [0.15, 0.2) is 0 Å². The van der Waals surface area contributed by atoms with Crippen LogP contribution in [0.25, 0.3) is 10.1 Å². The molecule has 2 heterocycles. The number of hydrogen-bond donors (Lipinski definition) is 1. The first kappa shape index (κ1) is 13.9. The molecule has 1 aromatic carbocycles. The van der Waals surface area contributed by atoms with Gasteiger partial charge in [-0.15, -0.1) is 11.3 Å². The van der Waals surface area contributed by atoms with Crippen molar-refractivity contribution in [1.29, 1.82) is 0 Å². The number of halogens is 1. The van der Waals surface area contributed by atoms with Crippen LogP contribution in [0.3, 0.4) is 0 Å². The van der Waals surface area contributed by atoms with Crippen molar-refractivity contribution >= 4 is 38.9 Å². The lowest BCUT2D eigenvalue weighted by Gasteiger charge is -2.18. The minimum absolute atomic E-state index is 0.0888. The Hall–Kier alpha value is -1.10. The molecule has 2 aromatic rings. The molecule has 0 spiro atoms. The molecule has 1 aliphatic rings. The Bertz CT molecular complexity index is 640. The van der Waals surface area contributed by atoms with Gasteiger partial charge in [-0.1, -0.05) is 29.8 Å². The van der Waals surface area contributed by atoms with Crippen LogP contribution in [-0.4, -0.2) is 44.0 Å². The molecule has 5 heteroatoms.